The summed E-state index contributed by atoms with van der Waals surface area (Å²) < 4.78 is 8.40. The van der Waals surface area contributed by atoms with Crippen molar-refractivity contribution >= 4 is 77.3 Å². The highest BCUT2D eigenvalue weighted by Crippen LogP contribution is 2.35. The van der Waals surface area contributed by atoms with Gasteiger partial charge in [0.05, 0.1) is 15.2 Å². The fraction of sp³-hybridized carbons (Fsp3) is 0.0909. The van der Waals surface area contributed by atoms with E-state index in [0.29, 0.717) is 23.1 Å². The fourth-order valence-corrected chi connectivity index (χ4v) is 4.40. The van der Waals surface area contributed by atoms with Gasteiger partial charge in [-0.05, 0) is 97.9 Å². The molecule has 0 aromatic heterocycles. The first-order valence-corrected chi connectivity index (χ1v) is 11.8. The third kappa shape index (κ3) is 7.07. The normalized spacial score (nSPS) is 10.9. The molecule has 0 saturated heterocycles. The molecule has 0 aliphatic carbocycles. The van der Waals surface area contributed by atoms with E-state index in [1.54, 1.807) is 12.3 Å². The van der Waals surface area contributed by atoms with Gasteiger partial charge >= 0.3 is 6.03 Å². The smallest absolute Gasteiger partial charge is 0.339 e. The van der Waals surface area contributed by atoms with Crippen molar-refractivity contribution in [3.8, 4) is 5.75 Å². The lowest BCUT2D eigenvalue weighted by atomic mass is 10.2. The van der Waals surface area contributed by atoms with Crippen LogP contribution in [-0.4, -0.2) is 12.2 Å². The Morgan fingerprint density at radius 2 is 1.71 bits per heavy atom. The van der Waals surface area contributed by atoms with Gasteiger partial charge < -0.3 is 10.1 Å². The second-order valence-electron chi connectivity index (χ2n) is 6.52. The SMILES string of the molecule is Cc1cc(NC(=O)N/N=C/c2cc(Br)c(OCc3ccc(Cl)cc3)c(Br)c2)ccc1Br. The zero-order valence-corrected chi connectivity index (χ0v) is 21.8. The number of urea groups is 1. The number of nitrogens with one attached hydrogen (secondary N) is 2. The van der Waals surface area contributed by atoms with E-state index in [-0.39, 0.29) is 0 Å². The number of aryl methyl sites for hydroxylation is 1. The van der Waals surface area contributed by atoms with Gasteiger partial charge in [0, 0.05) is 15.2 Å². The average molecular weight is 631 g/mol. The largest absolute Gasteiger partial charge is 0.487 e. The maximum atomic E-state index is 12.0. The maximum Gasteiger partial charge on any atom is 0.339 e. The van der Waals surface area contributed by atoms with Gasteiger partial charge in [-0.15, -0.1) is 0 Å². The Morgan fingerprint density at radius 3 is 2.35 bits per heavy atom. The van der Waals surface area contributed by atoms with Crippen LogP contribution in [0, 0.1) is 6.92 Å². The van der Waals surface area contributed by atoms with Crippen LogP contribution in [-0.2, 0) is 6.61 Å². The van der Waals surface area contributed by atoms with Crippen molar-refractivity contribution in [3.05, 3.63) is 89.7 Å². The Morgan fingerprint density at radius 1 is 1.03 bits per heavy atom. The second kappa shape index (κ2) is 11.1. The predicted molar refractivity (Wildman–Crippen MR) is 136 cm³/mol. The molecule has 5 nitrogen and oxygen atoms in total. The Labute approximate surface area is 210 Å². The molecule has 0 spiro atoms. The van der Waals surface area contributed by atoms with Crippen LogP contribution >= 0.6 is 59.4 Å². The first-order valence-electron chi connectivity index (χ1n) is 9.04. The zero-order chi connectivity index (χ0) is 22.4. The van der Waals surface area contributed by atoms with Gasteiger partial charge in [-0.25, -0.2) is 10.2 Å². The molecule has 3 rings (SSSR count). The van der Waals surface area contributed by atoms with Crippen LogP contribution in [0.2, 0.25) is 5.02 Å². The summed E-state index contributed by atoms with van der Waals surface area (Å²) in [4.78, 5) is 12.0. The lowest BCUT2D eigenvalue weighted by molar-refractivity contribution is 0.252. The number of hydrogen-bond donors (Lipinski definition) is 2. The summed E-state index contributed by atoms with van der Waals surface area (Å²) in [5.74, 6) is 0.670. The van der Waals surface area contributed by atoms with E-state index in [2.05, 4.69) is 63.6 Å². The van der Waals surface area contributed by atoms with Gasteiger partial charge in [-0.1, -0.05) is 39.7 Å². The summed E-state index contributed by atoms with van der Waals surface area (Å²) in [5, 5.41) is 7.42. The first-order chi connectivity index (χ1) is 14.8. The third-order valence-corrected chi connectivity index (χ3v) is 6.43. The molecule has 31 heavy (non-hydrogen) atoms. The molecule has 2 amide bonds. The van der Waals surface area contributed by atoms with E-state index in [1.165, 1.54) is 0 Å². The van der Waals surface area contributed by atoms with Crippen LogP contribution < -0.4 is 15.5 Å². The molecule has 0 heterocycles. The van der Waals surface area contributed by atoms with E-state index in [0.717, 1.165) is 30.1 Å². The first kappa shape index (κ1) is 23.8. The highest BCUT2D eigenvalue weighted by molar-refractivity contribution is 9.11. The van der Waals surface area contributed by atoms with Gasteiger partial charge in [-0.3, -0.25) is 0 Å². The number of rotatable bonds is 6. The molecule has 0 aliphatic rings. The van der Waals surface area contributed by atoms with Gasteiger partial charge in [0.15, 0.2) is 0 Å². The minimum atomic E-state index is -0.431. The molecule has 0 atom stereocenters. The number of benzene rings is 3. The standard InChI is InChI=1S/C22H17Br3ClN3O2/c1-13-8-17(6-7-18(13)23)28-22(30)29-27-11-15-9-19(24)21(20(25)10-15)31-12-14-2-4-16(26)5-3-14/h2-11H,12H2,1H3,(H2,28,29,30)/b27-11+. The molecule has 0 unspecified atom stereocenters. The number of anilines is 1. The second-order valence-corrected chi connectivity index (χ2v) is 9.52. The Kier molecular flexibility index (Phi) is 8.54. The van der Waals surface area contributed by atoms with E-state index in [1.807, 2.05) is 55.5 Å². The van der Waals surface area contributed by atoms with E-state index in [4.69, 9.17) is 16.3 Å². The molecular weight excluding hydrogens is 613 g/mol. The number of carbonyl (C=O) groups is 1. The Hall–Kier alpha value is -1.87. The minimum Gasteiger partial charge on any atom is -0.487 e. The topological polar surface area (TPSA) is 62.7 Å². The molecule has 3 aromatic carbocycles. The number of ether oxygens (including phenoxy) is 1. The van der Waals surface area contributed by atoms with Crippen molar-refractivity contribution in [3.63, 3.8) is 0 Å². The Bertz CT molecular complexity index is 1100. The van der Waals surface area contributed by atoms with Crippen molar-refractivity contribution in [2.24, 2.45) is 5.10 Å². The van der Waals surface area contributed by atoms with Gasteiger partial charge in [0.25, 0.3) is 0 Å². The number of halogens is 4. The van der Waals surface area contributed by atoms with Crippen molar-refractivity contribution < 1.29 is 9.53 Å². The molecule has 2 N–H and O–H groups in total. The summed E-state index contributed by atoms with van der Waals surface area (Å²) in [7, 11) is 0. The number of hydrazone groups is 1. The van der Waals surface area contributed by atoms with E-state index < -0.39 is 6.03 Å². The van der Waals surface area contributed by atoms with Gasteiger partial charge in [0.1, 0.15) is 12.4 Å². The number of carbonyl (C=O) groups excluding carboxylic acids is 1. The number of amides is 2. The predicted octanol–water partition coefficient (Wildman–Crippen LogP) is 7.67. The summed E-state index contributed by atoms with van der Waals surface area (Å²) in [6.45, 7) is 2.35. The van der Waals surface area contributed by atoms with Crippen molar-refractivity contribution in [1.29, 1.82) is 0 Å². The van der Waals surface area contributed by atoms with Crippen LogP contribution in [0.25, 0.3) is 0 Å². The van der Waals surface area contributed by atoms with E-state index in [9.17, 15) is 4.79 Å². The lowest BCUT2D eigenvalue weighted by Crippen LogP contribution is -2.24. The summed E-state index contributed by atoms with van der Waals surface area (Å²) in [5.41, 5.74) is 5.94. The maximum absolute atomic E-state index is 12.0. The molecule has 0 bridgehead atoms. The monoisotopic (exact) mass is 627 g/mol. The quantitative estimate of drug-likeness (QED) is 0.217. The van der Waals surface area contributed by atoms with Crippen LogP contribution in [0.1, 0.15) is 16.7 Å². The summed E-state index contributed by atoms with van der Waals surface area (Å²) >= 11 is 16.4. The molecule has 0 aliphatic heterocycles. The molecule has 0 radical (unpaired) electrons. The lowest BCUT2D eigenvalue weighted by Gasteiger charge is -2.11. The van der Waals surface area contributed by atoms with Crippen molar-refractivity contribution in [2.75, 3.05) is 5.32 Å². The van der Waals surface area contributed by atoms with Crippen molar-refractivity contribution in [1.82, 2.24) is 5.43 Å². The van der Waals surface area contributed by atoms with E-state index >= 15 is 0 Å². The molecule has 160 valence electrons. The molecule has 9 heteroatoms. The van der Waals surface area contributed by atoms with Crippen LogP contribution in [0.4, 0.5) is 10.5 Å². The number of hydrogen-bond acceptors (Lipinski definition) is 3. The molecule has 0 fully saturated rings. The molecule has 0 saturated carbocycles. The highest BCUT2D eigenvalue weighted by atomic mass is 79.9. The summed E-state index contributed by atoms with van der Waals surface area (Å²) in [6, 6.07) is 16.3. The average Bonchev–Trinajstić information content (AvgIpc) is 2.71. The molecule has 3 aromatic rings. The van der Waals surface area contributed by atoms with Gasteiger partial charge in [0.2, 0.25) is 0 Å². The minimum absolute atomic E-state index is 0.402. The highest BCUT2D eigenvalue weighted by Gasteiger charge is 2.09. The zero-order valence-electron chi connectivity index (χ0n) is 16.3. The third-order valence-electron chi connectivity index (χ3n) is 4.11. The molecular formula is C22H17Br3ClN3O2. The Balaban J connectivity index is 1.58. The fourth-order valence-electron chi connectivity index (χ4n) is 2.57. The van der Waals surface area contributed by atoms with Crippen LogP contribution in [0.3, 0.4) is 0 Å². The summed E-state index contributed by atoms with van der Waals surface area (Å²) in [6.07, 6.45) is 1.55. The van der Waals surface area contributed by atoms with Gasteiger partial charge in [-0.2, -0.15) is 5.10 Å². The van der Waals surface area contributed by atoms with Crippen molar-refractivity contribution in [2.45, 2.75) is 13.5 Å². The van der Waals surface area contributed by atoms with Crippen LogP contribution in [0.5, 0.6) is 5.75 Å². The van der Waals surface area contributed by atoms with Crippen LogP contribution in [0.15, 0.2) is 73.1 Å². The number of nitrogens with zero attached hydrogens (tertiary/aromatic N) is 1.